The van der Waals surface area contributed by atoms with E-state index in [4.69, 9.17) is 13.9 Å². The third kappa shape index (κ3) is 4.15. The molecular formula is C15H30O4Si. The van der Waals surface area contributed by atoms with Crippen molar-refractivity contribution in [1.29, 1.82) is 0 Å². The molecule has 0 spiro atoms. The SMILES string of the molecule is C=C[C@@H](O)[C@@H]1OC(C)(C)O[C@@H]1CO[Si](C)(C)C(C)(C)C. The van der Waals surface area contributed by atoms with E-state index >= 15 is 0 Å². The molecule has 0 aromatic rings. The van der Waals surface area contributed by atoms with Crippen LogP contribution in [0.3, 0.4) is 0 Å². The summed E-state index contributed by atoms with van der Waals surface area (Å²) in [6.07, 6.45) is 0.0403. The minimum Gasteiger partial charge on any atom is -0.414 e. The quantitative estimate of drug-likeness (QED) is 0.626. The molecule has 1 aliphatic heterocycles. The summed E-state index contributed by atoms with van der Waals surface area (Å²) in [6.45, 7) is 18.8. The molecule has 1 aliphatic rings. The molecule has 0 unspecified atom stereocenters. The molecule has 0 amide bonds. The van der Waals surface area contributed by atoms with E-state index in [0.717, 1.165) is 0 Å². The lowest BCUT2D eigenvalue weighted by molar-refractivity contribution is -0.154. The first-order valence-corrected chi connectivity index (χ1v) is 10.1. The summed E-state index contributed by atoms with van der Waals surface area (Å²) in [5.41, 5.74) is 0. The Balaban J connectivity index is 2.72. The van der Waals surface area contributed by atoms with Crippen molar-refractivity contribution in [1.82, 2.24) is 0 Å². The van der Waals surface area contributed by atoms with Gasteiger partial charge in [-0.05, 0) is 32.0 Å². The summed E-state index contributed by atoms with van der Waals surface area (Å²) in [4.78, 5) is 0. The van der Waals surface area contributed by atoms with Crippen LogP contribution >= 0.6 is 0 Å². The molecule has 0 aromatic carbocycles. The number of hydrogen-bond acceptors (Lipinski definition) is 4. The van der Waals surface area contributed by atoms with Gasteiger partial charge in [-0.15, -0.1) is 6.58 Å². The molecule has 0 aromatic heterocycles. The predicted octanol–water partition coefficient (Wildman–Crippen LogP) is 3.08. The maximum Gasteiger partial charge on any atom is 0.192 e. The Morgan fingerprint density at radius 1 is 1.35 bits per heavy atom. The summed E-state index contributed by atoms with van der Waals surface area (Å²) < 4.78 is 17.8. The molecule has 1 saturated heterocycles. The van der Waals surface area contributed by atoms with E-state index in [-0.39, 0.29) is 11.1 Å². The zero-order valence-electron chi connectivity index (χ0n) is 13.9. The maximum atomic E-state index is 9.98. The van der Waals surface area contributed by atoms with Gasteiger partial charge in [-0.3, -0.25) is 0 Å². The minimum absolute atomic E-state index is 0.147. The molecule has 0 saturated carbocycles. The fourth-order valence-corrected chi connectivity index (χ4v) is 2.94. The summed E-state index contributed by atoms with van der Waals surface area (Å²) in [5, 5.41) is 10.1. The Morgan fingerprint density at radius 2 is 1.90 bits per heavy atom. The van der Waals surface area contributed by atoms with Crippen LogP contribution in [-0.4, -0.2) is 44.1 Å². The van der Waals surface area contributed by atoms with Crippen molar-refractivity contribution in [2.45, 2.75) is 76.8 Å². The Bertz CT molecular complexity index is 346. The molecule has 1 rings (SSSR count). The molecule has 118 valence electrons. The van der Waals surface area contributed by atoms with Crippen LogP contribution in [0.4, 0.5) is 0 Å². The van der Waals surface area contributed by atoms with Gasteiger partial charge in [-0.1, -0.05) is 26.8 Å². The molecule has 5 heteroatoms. The van der Waals surface area contributed by atoms with Crippen LogP contribution in [0, 0.1) is 0 Å². The van der Waals surface area contributed by atoms with Crippen molar-refractivity contribution >= 4 is 8.32 Å². The van der Waals surface area contributed by atoms with Gasteiger partial charge in [0.2, 0.25) is 0 Å². The standard InChI is InChI=1S/C15H30O4Si/c1-9-11(16)13-12(18-15(5,6)19-13)10-17-20(7,8)14(2,3)4/h9,11-13,16H,1,10H2,2-8H3/t11-,12-,13+/m1/s1. The summed E-state index contributed by atoms with van der Waals surface area (Å²) in [6, 6.07) is 0. The number of hydrogen-bond donors (Lipinski definition) is 1. The molecule has 3 atom stereocenters. The fraction of sp³-hybridized carbons (Fsp3) is 0.867. The zero-order valence-corrected chi connectivity index (χ0v) is 14.9. The van der Waals surface area contributed by atoms with Crippen molar-refractivity contribution in [2.75, 3.05) is 6.61 Å². The molecule has 0 aliphatic carbocycles. The molecule has 1 fully saturated rings. The topological polar surface area (TPSA) is 47.9 Å². The molecule has 4 nitrogen and oxygen atoms in total. The number of aliphatic hydroxyl groups is 1. The highest BCUT2D eigenvalue weighted by Crippen LogP contribution is 2.38. The lowest BCUT2D eigenvalue weighted by Gasteiger charge is -2.37. The second-order valence-corrected chi connectivity index (χ2v) is 12.2. The first-order valence-electron chi connectivity index (χ1n) is 7.20. The zero-order chi connectivity index (χ0) is 15.8. The summed E-state index contributed by atoms with van der Waals surface area (Å²) in [7, 11) is -1.84. The lowest BCUT2D eigenvalue weighted by atomic mass is 10.1. The van der Waals surface area contributed by atoms with Crippen LogP contribution in [0.5, 0.6) is 0 Å². The van der Waals surface area contributed by atoms with Crippen LogP contribution in [0.25, 0.3) is 0 Å². The van der Waals surface area contributed by atoms with Crippen molar-refractivity contribution in [3.63, 3.8) is 0 Å². The minimum atomic E-state index is -1.84. The third-order valence-corrected chi connectivity index (χ3v) is 8.71. The molecule has 1 heterocycles. The first-order chi connectivity index (χ1) is 8.89. The number of ether oxygens (including phenoxy) is 2. The van der Waals surface area contributed by atoms with Crippen LogP contribution in [0.15, 0.2) is 12.7 Å². The average molecular weight is 302 g/mol. The van der Waals surface area contributed by atoms with Crippen molar-refractivity contribution < 1.29 is 19.0 Å². The lowest BCUT2D eigenvalue weighted by Crippen LogP contribution is -2.45. The monoisotopic (exact) mass is 302 g/mol. The Hall–Kier alpha value is -0.203. The highest BCUT2D eigenvalue weighted by molar-refractivity contribution is 6.74. The Kier molecular flexibility index (Phi) is 5.25. The smallest absolute Gasteiger partial charge is 0.192 e. The van der Waals surface area contributed by atoms with Gasteiger partial charge in [0.05, 0.1) is 6.61 Å². The van der Waals surface area contributed by atoms with E-state index in [0.29, 0.717) is 6.61 Å². The Labute approximate surface area is 124 Å². The van der Waals surface area contributed by atoms with E-state index in [1.54, 1.807) is 0 Å². The van der Waals surface area contributed by atoms with Gasteiger partial charge in [0.15, 0.2) is 14.1 Å². The average Bonchev–Trinajstić information content (AvgIpc) is 2.59. The van der Waals surface area contributed by atoms with Crippen molar-refractivity contribution in [3.8, 4) is 0 Å². The number of aliphatic hydroxyl groups excluding tert-OH is 1. The van der Waals surface area contributed by atoms with E-state index in [9.17, 15) is 5.11 Å². The Morgan fingerprint density at radius 3 is 2.35 bits per heavy atom. The molecule has 0 radical (unpaired) electrons. The van der Waals surface area contributed by atoms with Crippen LogP contribution in [0.1, 0.15) is 34.6 Å². The summed E-state index contributed by atoms with van der Waals surface area (Å²) in [5.74, 6) is -0.698. The van der Waals surface area contributed by atoms with E-state index < -0.39 is 26.3 Å². The first kappa shape index (κ1) is 17.8. The maximum absolute atomic E-state index is 9.98. The molecule has 20 heavy (non-hydrogen) atoms. The fourth-order valence-electron chi connectivity index (χ4n) is 1.92. The molecule has 1 N–H and O–H groups in total. The van der Waals surface area contributed by atoms with E-state index in [2.05, 4.69) is 40.4 Å². The van der Waals surface area contributed by atoms with Gasteiger partial charge in [-0.25, -0.2) is 0 Å². The van der Waals surface area contributed by atoms with Crippen LogP contribution in [0.2, 0.25) is 18.1 Å². The van der Waals surface area contributed by atoms with Gasteiger partial charge in [0.1, 0.15) is 18.3 Å². The van der Waals surface area contributed by atoms with Gasteiger partial charge < -0.3 is 19.0 Å². The highest BCUT2D eigenvalue weighted by Gasteiger charge is 2.46. The second kappa shape index (κ2) is 5.89. The van der Waals surface area contributed by atoms with Gasteiger partial charge in [0.25, 0.3) is 0 Å². The largest absolute Gasteiger partial charge is 0.414 e. The van der Waals surface area contributed by atoms with Crippen LogP contribution in [-0.2, 0) is 13.9 Å². The normalized spacial score (nSPS) is 28.4. The second-order valence-electron chi connectivity index (χ2n) is 7.44. The van der Waals surface area contributed by atoms with Gasteiger partial charge in [-0.2, -0.15) is 0 Å². The highest BCUT2D eigenvalue weighted by atomic mass is 28.4. The van der Waals surface area contributed by atoms with Crippen LogP contribution < -0.4 is 0 Å². The van der Waals surface area contributed by atoms with Gasteiger partial charge >= 0.3 is 0 Å². The van der Waals surface area contributed by atoms with E-state index in [1.807, 2.05) is 13.8 Å². The predicted molar refractivity (Wildman–Crippen MR) is 83.2 cm³/mol. The van der Waals surface area contributed by atoms with E-state index in [1.165, 1.54) is 6.08 Å². The molecule has 0 bridgehead atoms. The van der Waals surface area contributed by atoms with Gasteiger partial charge in [0, 0.05) is 0 Å². The molecular weight excluding hydrogens is 272 g/mol. The number of rotatable bonds is 5. The third-order valence-electron chi connectivity index (χ3n) is 4.21. The van der Waals surface area contributed by atoms with Crippen molar-refractivity contribution in [3.05, 3.63) is 12.7 Å². The van der Waals surface area contributed by atoms with Crippen molar-refractivity contribution in [2.24, 2.45) is 0 Å². The summed E-state index contributed by atoms with van der Waals surface area (Å²) >= 11 is 0.